The Morgan fingerprint density at radius 3 is 2.72 bits per heavy atom. The summed E-state index contributed by atoms with van der Waals surface area (Å²) in [5.74, 6) is -0.236. The smallest absolute Gasteiger partial charge is 0.227 e. The first-order chi connectivity index (χ1) is 11.8. The van der Waals surface area contributed by atoms with Crippen LogP contribution in [-0.4, -0.2) is 63.6 Å². The van der Waals surface area contributed by atoms with Crippen molar-refractivity contribution in [1.29, 1.82) is 0 Å². The Morgan fingerprint density at radius 2 is 2.08 bits per heavy atom. The van der Waals surface area contributed by atoms with Gasteiger partial charge in [0.15, 0.2) is 9.84 Å². The Labute approximate surface area is 146 Å². The number of methoxy groups -OCH3 is 2. The first-order valence-corrected chi connectivity index (χ1v) is 9.79. The number of halogens is 1. The van der Waals surface area contributed by atoms with E-state index in [4.69, 9.17) is 9.47 Å². The molecule has 0 radical (unpaired) electrons. The quantitative estimate of drug-likeness (QED) is 0.773. The number of likely N-dealkylation sites (tertiary alicyclic amines) is 1. The standard InChI is InChI=1S/C17H22FNO5S/c1-23-9-13-5-6-25(21,22)17(13)10-19(11-17)16(20)7-12-3-4-14(18)8-15(12)24-2/h3-4,8,13H,5-7,9-11H2,1-2H3. The number of sulfone groups is 1. The molecule has 1 spiro atoms. The molecule has 3 rings (SSSR count). The molecule has 0 bridgehead atoms. The SMILES string of the molecule is COCC1CCS(=O)(=O)C12CN(C(=O)Cc1ccc(F)cc1OC)C2. The number of ether oxygens (including phenoxy) is 2. The number of hydrogen-bond donors (Lipinski definition) is 0. The van der Waals surface area contributed by atoms with Crippen LogP contribution in [0.3, 0.4) is 0 Å². The molecule has 1 aromatic rings. The number of benzene rings is 1. The van der Waals surface area contributed by atoms with Crippen LogP contribution in [0.1, 0.15) is 12.0 Å². The zero-order chi connectivity index (χ0) is 18.2. The van der Waals surface area contributed by atoms with Gasteiger partial charge in [-0.3, -0.25) is 4.79 Å². The molecule has 138 valence electrons. The minimum Gasteiger partial charge on any atom is -0.496 e. The van der Waals surface area contributed by atoms with Crippen molar-refractivity contribution in [3.8, 4) is 5.75 Å². The third-order valence-corrected chi connectivity index (χ3v) is 7.93. The molecule has 1 atom stereocenters. The molecule has 0 aliphatic carbocycles. The van der Waals surface area contributed by atoms with E-state index in [2.05, 4.69) is 0 Å². The number of carbonyl (C=O) groups excluding carboxylic acids is 1. The van der Waals surface area contributed by atoms with Gasteiger partial charge in [0.1, 0.15) is 16.3 Å². The van der Waals surface area contributed by atoms with Gasteiger partial charge in [-0.15, -0.1) is 0 Å². The summed E-state index contributed by atoms with van der Waals surface area (Å²) in [6, 6.07) is 4.02. The topological polar surface area (TPSA) is 72.9 Å². The fraction of sp³-hybridized carbons (Fsp3) is 0.588. The van der Waals surface area contributed by atoms with E-state index in [9.17, 15) is 17.6 Å². The van der Waals surface area contributed by atoms with E-state index in [1.54, 1.807) is 12.0 Å². The third kappa shape index (κ3) is 3.01. The van der Waals surface area contributed by atoms with Crippen LogP contribution in [0, 0.1) is 11.7 Å². The molecule has 0 saturated carbocycles. The molecule has 2 aliphatic rings. The lowest BCUT2D eigenvalue weighted by atomic mass is 9.83. The molecule has 2 saturated heterocycles. The van der Waals surface area contributed by atoms with Crippen molar-refractivity contribution in [2.24, 2.45) is 5.92 Å². The predicted octanol–water partition coefficient (Wildman–Crippen LogP) is 1.04. The van der Waals surface area contributed by atoms with E-state index in [0.29, 0.717) is 24.3 Å². The molecule has 2 heterocycles. The van der Waals surface area contributed by atoms with Crippen molar-refractivity contribution in [2.45, 2.75) is 17.6 Å². The summed E-state index contributed by atoms with van der Waals surface area (Å²) in [5.41, 5.74) is 0.581. The number of carbonyl (C=O) groups is 1. The summed E-state index contributed by atoms with van der Waals surface area (Å²) in [6.45, 7) is 0.782. The Morgan fingerprint density at radius 1 is 1.36 bits per heavy atom. The molecule has 8 heteroatoms. The molecular formula is C17H22FNO5S. The van der Waals surface area contributed by atoms with Crippen LogP contribution in [0.25, 0.3) is 0 Å². The van der Waals surface area contributed by atoms with Crippen LogP contribution in [-0.2, 0) is 25.8 Å². The second-order valence-corrected chi connectivity index (χ2v) is 9.16. The Kier molecular flexibility index (Phi) is 4.76. The zero-order valence-electron chi connectivity index (χ0n) is 14.3. The highest BCUT2D eigenvalue weighted by Gasteiger charge is 2.62. The van der Waals surface area contributed by atoms with Gasteiger partial charge in [0.2, 0.25) is 5.91 Å². The molecule has 1 amide bonds. The van der Waals surface area contributed by atoms with Crippen molar-refractivity contribution >= 4 is 15.7 Å². The van der Waals surface area contributed by atoms with Gasteiger partial charge in [-0.1, -0.05) is 6.07 Å². The largest absolute Gasteiger partial charge is 0.496 e. The van der Waals surface area contributed by atoms with E-state index in [1.807, 2.05) is 0 Å². The molecule has 2 fully saturated rings. The highest BCUT2D eigenvalue weighted by atomic mass is 32.2. The van der Waals surface area contributed by atoms with Crippen LogP contribution in [0.2, 0.25) is 0 Å². The van der Waals surface area contributed by atoms with Crippen LogP contribution < -0.4 is 4.74 Å². The van der Waals surface area contributed by atoms with Crippen LogP contribution in [0.15, 0.2) is 18.2 Å². The van der Waals surface area contributed by atoms with Gasteiger partial charge >= 0.3 is 0 Å². The summed E-state index contributed by atoms with van der Waals surface area (Å²) >= 11 is 0. The van der Waals surface area contributed by atoms with Crippen molar-refractivity contribution in [3.05, 3.63) is 29.6 Å². The lowest BCUT2D eigenvalue weighted by Gasteiger charge is -2.49. The third-order valence-electron chi connectivity index (χ3n) is 5.33. The van der Waals surface area contributed by atoms with Crippen molar-refractivity contribution in [1.82, 2.24) is 4.90 Å². The van der Waals surface area contributed by atoms with E-state index in [0.717, 1.165) is 0 Å². The van der Waals surface area contributed by atoms with E-state index in [1.165, 1.54) is 25.3 Å². The maximum atomic E-state index is 13.3. The Bertz CT molecular complexity index is 773. The number of amides is 1. The van der Waals surface area contributed by atoms with E-state index >= 15 is 0 Å². The van der Waals surface area contributed by atoms with Gasteiger partial charge in [0.05, 0.1) is 25.9 Å². The number of nitrogens with zero attached hydrogens (tertiary/aromatic N) is 1. The van der Waals surface area contributed by atoms with Crippen LogP contribution in [0.5, 0.6) is 5.75 Å². The van der Waals surface area contributed by atoms with E-state index in [-0.39, 0.29) is 37.1 Å². The average Bonchev–Trinajstić information content (AvgIpc) is 2.78. The first-order valence-electron chi connectivity index (χ1n) is 8.14. The molecular weight excluding hydrogens is 349 g/mol. The number of rotatable bonds is 5. The van der Waals surface area contributed by atoms with Gasteiger partial charge < -0.3 is 14.4 Å². The maximum Gasteiger partial charge on any atom is 0.227 e. The monoisotopic (exact) mass is 371 g/mol. The molecule has 25 heavy (non-hydrogen) atoms. The fourth-order valence-corrected chi connectivity index (χ4v) is 6.22. The molecule has 6 nitrogen and oxygen atoms in total. The second kappa shape index (κ2) is 6.57. The van der Waals surface area contributed by atoms with Crippen molar-refractivity contribution in [3.63, 3.8) is 0 Å². The Hall–Kier alpha value is -1.67. The first kappa shape index (κ1) is 18.1. The maximum absolute atomic E-state index is 13.3. The molecule has 2 aliphatic heterocycles. The van der Waals surface area contributed by atoms with Gasteiger partial charge in [-0.2, -0.15) is 0 Å². The lowest BCUT2D eigenvalue weighted by Crippen LogP contribution is -2.69. The van der Waals surface area contributed by atoms with Crippen molar-refractivity contribution < 1.29 is 27.1 Å². The summed E-state index contributed by atoms with van der Waals surface area (Å²) in [7, 11) is -0.252. The van der Waals surface area contributed by atoms with Gasteiger partial charge in [0.25, 0.3) is 0 Å². The summed E-state index contributed by atoms with van der Waals surface area (Å²) in [5, 5.41) is 0. The van der Waals surface area contributed by atoms with E-state index < -0.39 is 20.4 Å². The summed E-state index contributed by atoms with van der Waals surface area (Å²) in [6.07, 6.45) is 0.624. The lowest BCUT2D eigenvalue weighted by molar-refractivity contribution is -0.137. The van der Waals surface area contributed by atoms with Gasteiger partial charge in [0, 0.05) is 37.7 Å². The van der Waals surface area contributed by atoms with Crippen LogP contribution in [0.4, 0.5) is 4.39 Å². The normalized spacial score (nSPS) is 23.5. The summed E-state index contributed by atoms with van der Waals surface area (Å²) in [4.78, 5) is 14.1. The fourth-order valence-electron chi connectivity index (χ4n) is 3.82. The number of hydrogen-bond acceptors (Lipinski definition) is 5. The van der Waals surface area contributed by atoms with Gasteiger partial charge in [-0.05, 0) is 12.5 Å². The summed E-state index contributed by atoms with van der Waals surface area (Å²) < 4.78 is 47.6. The minimum absolute atomic E-state index is 0.0501. The molecule has 0 aromatic heterocycles. The molecule has 0 N–H and O–H groups in total. The zero-order valence-corrected chi connectivity index (χ0v) is 15.1. The van der Waals surface area contributed by atoms with Crippen molar-refractivity contribution in [2.75, 3.05) is 39.7 Å². The molecule has 1 unspecified atom stereocenters. The molecule has 1 aromatic carbocycles. The Balaban J connectivity index is 1.71. The predicted molar refractivity (Wildman–Crippen MR) is 89.7 cm³/mol. The average molecular weight is 371 g/mol. The minimum atomic E-state index is -3.23. The highest BCUT2D eigenvalue weighted by molar-refractivity contribution is 7.93. The van der Waals surface area contributed by atoms with Gasteiger partial charge in [-0.25, -0.2) is 12.8 Å². The highest BCUT2D eigenvalue weighted by Crippen LogP contribution is 2.45. The van der Waals surface area contributed by atoms with Crippen LogP contribution >= 0.6 is 0 Å². The second-order valence-electron chi connectivity index (χ2n) is 6.71.